The summed E-state index contributed by atoms with van der Waals surface area (Å²) in [6, 6.07) is 8.54. The van der Waals surface area contributed by atoms with Crippen LogP contribution in [-0.2, 0) is 6.42 Å². The van der Waals surface area contributed by atoms with E-state index in [2.05, 4.69) is 33.5 Å². The van der Waals surface area contributed by atoms with Crippen molar-refractivity contribution in [3.63, 3.8) is 0 Å². The Morgan fingerprint density at radius 1 is 1.21 bits per heavy atom. The van der Waals surface area contributed by atoms with E-state index >= 15 is 0 Å². The van der Waals surface area contributed by atoms with E-state index in [9.17, 15) is 4.39 Å². The van der Waals surface area contributed by atoms with Crippen molar-refractivity contribution >= 4 is 0 Å². The van der Waals surface area contributed by atoms with Gasteiger partial charge in [0.25, 0.3) is 0 Å². The summed E-state index contributed by atoms with van der Waals surface area (Å²) in [5.74, 6) is 0.625. The first-order valence-corrected chi connectivity index (χ1v) is 8.90. The van der Waals surface area contributed by atoms with Crippen molar-refractivity contribution in [1.29, 1.82) is 0 Å². The average Bonchev–Trinajstić information content (AvgIpc) is 3.05. The molecule has 5 heteroatoms. The molecule has 1 aliphatic rings. The molecule has 1 aromatic carbocycles. The summed E-state index contributed by atoms with van der Waals surface area (Å²) >= 11 is 0. The Balaban J connectivity index is 1.42. The molecule has 0 amide bonds. The minimum absolute atomic E-state index is 0.216. The summed E-state index contributed by atoms with van der Waals surface area (Å²) in [5.41, 5.74) is 2.97. The molecule has 0 unspecified atom stereocenters. The molecule has 3 rings (SSSR count). The molecule has 1 aliphatic heterocycles. The normalized spacial score (nSPS) is 16.0. The van der Waals surface area contributed by atoms with Crippen molar-refractivity contribution in [3.8, 4) is 11.3 Å². The lowest BCUT2D eigenvalue weighted by molar-refractivity contribution is 0.238. The van der Waals surface area contributed by atoms with E-state index in [0.29, 0.717) is 0 Å². The second-order valence-corrected chi connectivity index (χ2v) is 6.84. The van der Waals surface area contributed by atoms with Gasteiger partial charge >= 0.3 is 0 Å². The minimum atomic E-state index is -0.216. The number of hydrogen-bond donors (Lipinski definition) is 2. The van der Waals surface area contributed by atoms with Gasteiger partial charge in [0.2, 0.25) is 0 Å². The molecule has 24 heavy (non-hydrogen) atoms. The second kappa shape index (κ2) is 8.40. The highest BCUT2D eigenvalue weighted by molar-refractivity contribution is 5.58. The molecule has 2 heterocycles. The third-order valence-electron chi connectivity index (χ3n) is 4.79. The van der Waals surface area contributed by atoms with Crippen LogP contribution in [-0.4, -0.2) is 48.3 Å². The number of hydrogen-bond acceptors (Lipinski definition) is 3. The molecule has 1 aromatic heterocycles. The first kappa shape index (κ1) is 17.1. The molecule has 1 fully saturated rings. The maximum atomic E-state index is 13.0. The molecule has 0 spiro atoms. The predicted octanol–water partition coefficient (Wildman–Crippen LogP) is 3.08. The van der Waals surface area contributed by atoms with Crippen molar-refractivity contribution < 1.29 is 4.39 Å². The molecule has 0 bridgehead atoms. The first-order valence-electron chi connectivity index (χ1n) is 8.90. The summed E-state index contributed by atoms with van der Waals surface area (Å²) in [6.07, 6.45) is 4.70. The molecule has 0 radical (unpaired) electrons. The maximum absolute atomic E-state index is 13.0. The van der Waals surface area contributed by atoms with Gasteiger partial charge in [-0.3, -0.25) is 5.10 Å². The number of rotatable bonds is 7. The molecule has 130 valence electrons. The lowest BCUT2D eigenvalue weighted by Gasteiger charge is -2.27. The highest BCUT2D eigenvalue weighted by Gasteiger charge is 2.14. The number of benzene rings is 1. The van der Waals surface area contributed by atoms with Crippen LogP contribution in [0.15, 0.2) is 30.3 Å². The zero-order valence-electron chi connectivity index (χ0n) is 14.4. The van der Waals surface area contributed by atoms with E-state index in [1.165, 1.54) is 44.6 Å². The van der Waals surface area contributed by atoms with Crippen molar-refractivity contribution in [2.24, 2.45) is 5.92 Å². The second-order valence-electron chi connectivity index (χ2n) is 6.84. The van der Waals surface area contributed by atoms with Crippen molar-refractivity contribution in [2.75, 3.05) is 33.2 Å². The third-order valence-corrected chi connectivity index (χ3v) is 4.79. The fourth-order valence-corrected chi connectivity index (χ4v) is 3.39. The Bertz CT molecular complexity index is 617. The van der Waals surface area contributed by atoms with Gasteiger partial charge in [0.15, 0.2) is 0 Å². The van der Waals surface area contributed by atoms with Crippen LogP contribution in [0.3, 0.4) is 0 Å². The number of aromatic nitrogens is 2. The van der Waals surface area contributed by atoms with Crippen molar-refractivity contribution in [1.82, 2.24) is 20.4 Å². The van der Waals surface area contributed by atoms with Gasteiger partial charge in [-0.15, -0.1) is 0 Å². The Kier molecular flexibility index (Phi) is 5.99. The quantitative estimate of drug-likeness (QED) is 0.820. The first-order chi connectivity index (χ1) is 11.7. The number of H-pyrrole nitrogens is 1. The zero-order chi connectivity index (χ0) is 16.8. The van der Waals surface area contributed by atoms with Crippen LogP contribution in [0.1, 0.15) is 25.0 Å². The lowest BCUT2D eigenvalue weighted by atomic mass is 9.97. The number of halogens is 1. The van der Waals surface area contributed by atoms with Crippen LogP contribution in [0, 0.1) is 11.7 Å². The van der Waals surface area contributed by atoms with Crippen LogP contribution in [0.2, 0.25) is 0 Å². The van der Waals surface area contributed by atoms with Gasteiger partial charge in [0.05, 0.1) is 5.69 Å². The highest BCUT2D eigenvalue weighted by atomic mass is 19.1. The number of aromatic amines is 1. The summed E-state index contributed by atoms with van der Waals surface area (Å²) in [4.78, 5) is 2.45. The molecule has 0 saturated carbocycles. The van der Waals surface area contributed by atoms with E-state index in [4.69, 9.17) is 0 Å². The SMILES string of the molecule is CN(CCCc1cc(-c2ccc(F)cc2)n[nH]1)CC1CCNCC1. The molecule has 4 nitrogen and oxygen atoms in total. The molecule has 2 N–H and O–H groups in total. The van der Waals surface area contributed by atoms with Crippen LogP contribution >= 0.6 is 0 Å². The summed E-state index contributed by atoms with van der Waals surface area (Å²) < 4.78 is 13.0. The topological polar surface area (TPSA) is 44.0 Å². The van der Waals surface area contributed by atoms with E-state index in [-0.39, 0.29) is 5.82 Å². The van der Waals surface area contributed by atoms with Crippen LogP contribution in [0.4, 0.5) is 4.39 Å². The van der Waals surface area contributed by atoms with Crippen LogP contribution < -0.4 is 5.32 Å². The fraction of sp³-hybridized carbons (Fsp3) is 0.526. The van der Waals surface area contributed by atoms with Gasteiger partial charge in [-0.05, 0) is 88.6 Å². The van der Waals surface area contributed by atoms with Crippen LogP contribution in [0.25, 0.3) is 11.3 Å². The number of aryl methyl sites for hydroxylation is 1. The van der Waals surface area contributed by atoms with Gasteiger partial charge in [-0.25, -0.2) is 4.39 Å². The maximum Gasteiger partial charge on any atom is 0.123 e. The molecule has 0 atom stereocenters. The average molecular weight is 330 g/mol. The third kappa shape index (κ3) is 4.89. The van der Waals surface area contributed by atoms with Gasteiger partial charge in [-0.2, -0.15) is 5.10 Å². The number of nitrogens with one attached hydrogen (secondary N) is 2. The van der Waals surface area contributed by atoms with E-state index < -0.39 is 0 Å². The molecule has 2 aromatic rings. The standard InChI is InChI=1S/C19H27FN4/c1-24(14-15-8-10-21-11-9-15)12-2-3-18-13-19(23-22-18)16-4-6-17(20)7-5-16/h4-7,13,15,21H,2-3,8-12,14H2,1H3,(H,22,23). The monoisotopic (exact) mass is 330 g/mol. The van der Waals surface area contributed by atoms with E-state index in [0.717, 1.165) is 42.3 Å². The van der Waals surface area contributed by atoms with Gasteiger partial charge in [0.1, 0.15) is 5.82 Å². The Morgan fingerprint density at radius 2 is 1.96 bits per heavy atom. The molecular weight excluding hydrogens is 303 g/mol. The van der Waals surface area contributed by atoms with Gasteiger partial charge < -0.3 is 10.2 Å². The van der Waals surface area contributed by atoms with Gasteiger partial charge in [-0.1, -0.05) is 0 Å². The molecular formula is C19H27FN4. The Hall–Kier alpha value is -1.72. The highest BCUT2D eigenvalue weighted by Crippen LogP contribution is 2.19. The fourth-order valence-electron chi connectivity index (χ4n) is 3.39. The zero-order valence-corrected chi connectivity index (χ0v) is 14.4. The largest absolute Gasteiger partial charge is 0.317 e. The van der Waals surface area contributed by atoms with E-state index in [1.54, 1.807) is 12.1 Å². The summed E-state index contributed by atoms with van der Waals surface area (Å²) in [5, 5.41) is 10.9. The van der Waals surface area contributed by atoms with Crippen molar-refractivity contribution in [2.45, 2.75) is 25.7 Å². The van der Waals surface area contributed by atoms with Crippen molar-refractivity contribution in [3.05, 3.63) is 41.8 Å². The van der Waals surface area contributed by atoms with Crippen LogP contribution in [0.5, 0.6) is 0 Å². The Labute approximate surface area is 143 Å². The molecule has 0 aliphatic carbocycles. The Morgan fingerprint density at radius 3 is 2.71 bits per heavy atom. The minimum Gasteiger partial charge on any atom is -0.317 e. The lowest BCUT2D eigenvalue weighted by Crippen LogP contribution is -2.35. The smallest absolute Gasteiger partial charge is 0.123 e. The number of nitrogens with zero attached hydrogens (tertiary/aromatic N) is 2. The number of piperidine rings is 1. The van der Waals surface area contributed by atoms with E-state index in [1.807, 2.05) is 0 Å². The molecule has 1 saturated heterocycles. The van der Waals surface area contributed by atoms with Gasteiger partial charge in [0, 0.05) is 17.8 Å². The summed E-state index contributed by atoms with van der Waals surface area (Å²) in [7, 11) is 2.22. The summed E-state index contributed by atoms with van der Waals surface area (Å²) in [6.45, 7) is 4.64. The predicted molar refractivity (Wildman–Crippen MR) is 95.4 cm³/mol.